The zero-order chi connectivity index (χ0) is 22.4. The van der Waals surface area contributed by atoms with Crippen LogP contribution in [0.25, 0.3) is 32.3 Å². The summed E-state index contributed by atoms with van der Waals surface area (Å²) in [4.78, 5) is 47.3. The van der Waals surface area contributed by atoms with Gasteiger partial charge in [-0.2, -0.15) is 0 Å². The number of halogens is 7. The van der Waals surface area contributed by atoms with Gasteiger partial charge >= 0.3 is 0 Å². The monoisotopic (exact) mass is 428 g/mol. The first-order valence-corrected chi connectivity index (χ1v) is 7.89. The molecule has 30 heavy (non-hydrogen) atoms. The fraction of sp³-hybridized carbons (Fsp3) is 0.0526. The smallest absolute Gasteiger partial charge is 0.264 e. The molecule has 0 bridgehead atoms. The minimum atomic E-state index is -2.50. The van der Waals surface area contributed by atoms with E-state index < -0.39 is 100 Å². The van der Waals surface area contributed by atoms with E-state index in [0.717, 1.165) is 6.92 Å². The van der Waals surface area contributed by atoms with Crippen molar-refractivity contribution in [3.8, 4) is 0 Å². The topological polar surface area (TPSA) is 68.3 Å². The Balaban J connectivity index is 2.75. The van der Waals surface area contributed by atoms with Crippen LogP contribution >= 0.6 is 0 Å². The van der Waals surface area contributed by atoms with Crippen LogP contribution in [0.5, 0.6) is 0 Å². The van der Waals surface area contributed by atoms with E-state index in [0.29, 0.717) is 0 Å². The number of hydrogen-bond donors (Lipinski definition) is 0. The molecule has 0 unspecified atom stereocenters. The van der Waals surface area contributed by atoms with Gasteiger partial charge in [-0.1, -0.05) is 0 Å². The fourth-order valence-electron chi connectivity index (χ4n) is 3.56. The highest BCUT2D eigenvalue weighted by Gasteiger charge is 2.32. The van der Waals surface area contributed by atoms with Crippen LogP contribution in [0.3, 0.4) is 0 Å². The molecule has 0 aliphatic carbocycles. The Morgan fingerprint density at radius 3 is 1.00 bits per heavy atom. The summed E-state index contributed by atoms with van der Waals surface area (Å²) in [6.07, 6.45) is 0. The molecule has 4 aromatic carbocycles. The van der Waals surface area contributed by atoms with Crippen LogP contribution in [0, 0.1) is 47.6 Å². The molecule has 0 heterocycles. The molecule has 4 nitrogen and oxygen atoms in total. The molecule has 0 N–H and O–H groups in total. The zero-order valence-corrected chi connectivity index (χ0v) is 14.3. The van der Waals surface area contributed by atoms with Crippen LogP contribution < -0.4 is 21.7 Å². The van der Waals surface area contributed by atoms with Gasteiger partial charge in [-0.15, -0.1) is 0 Å². The maximum absolute atomic E-state index is 14.7. The van der Waals surface area contributed by atoms with E-state index in [-0.39, 0.29) is 0 Å². The highest BCUT2D eigenvalue weighted by Crippen LogP contribution is 2.41. The highest BCUT2D eigenvalue weighted by molar-refractivity contribution is 6.26. The summed E-state index contributed by atoms with van der Waals surface area (Å²) in [6.45, 7) is 0.803. The Bertz CT molecular complexity index is 1570. The summed E-state index contributed by atoms with van der Waals surface area (Å²) < 4.78 is 101. The summed E-state index contributed by atoms with van der Waals surface area (Å²) in [6, 6.07) is 0. The molecule has 0 amide bonds. The molecule has 4 aromatic rings. The fourth-order valence-corrected chi connectivity index (χ4v) is 3.56. The Labute approximate surface area is 158 Å². The van der Waals surface area contributed by atoms with Crippen LogP contribution in [-0.2, 0) is 0 Å². The van der Waals surface area contributed by atoms with Crippen molar-refractivity contribution in [1.29, 1.82) is 0 Å². The Hall–Kier alpha value is -3.63. The molecule has 152 valence electrons. The van der Waals surface area contributed by atoms with Crippen molar-refractivity contribution in [2.24, 2.45) is 0 Å². The molecule has 0 aliphatic rings. The first kappa shape index (κ1) is 19.7. The van der Waals surface area contributed by atoms with E-state index in [4.69, 9.17) is 0 Å². The van der Waals surface area contributed by atoms with Crippen molar-refractivity contribution in [2.75, 3.05) is 0 Å². The number of aryl methyl sites for hydroxylation is 1. The van der Waals surface area contributed by atoms with Gasteiger partial charge in [0, 0.05) is 37.9 Å². The summed E-state index contributed by atoms with van der Waals surface area (Å²) in [7, 11) is 0. The van der Waals surface area contributed by atoms with Gasteiger partial charge in [-0.05, 0) is 6.92 Å². The molecule has 0 aromatic heterocycles. The molecule has 0 atom stereocenters. The van der Waals surface area contributed by atoms with Gasteiger partial charge in [0.2, 0.25) is 5.43 Å². The molecular formula is C19H3F7O4. The number of benzene rings is 4. The van der Waals surface area contributed by atoms with Gasteiger partial charge in [0.15, 0.2) is 40.7 Å². The van der Waals surface area contributed by atoms with Crippen LogP contribution in [0.2, 0.25) is 0 Å². The molecule has 0 saturated heterocycles. The molecular weight excluding hydrogens is 425 g/mol. The third-order valence-electron chi connectivity index (χ3n) is 4.90. The Morgan fingerprint density at radius 1 is 0.367 bits per heavy atom. The van der Waals surface area contributed by atoms with E-state index in [1.54, 1.807) is 0 Å². The molecule has 11 heteroatoms. The quantitative estimate of drug-likeness (QED) is 0.142. The predicted octanol–water partition coefficient (Wildman–Crippen LogP) is 2.74. The number of rotatable bonds is 0. The summed E-state index contributed by atoms with van der Waals surface area (Å²) in [5.41, 5.74) is -8.55. The van der Waals surface area contributed by atoms with Gasteiger partial charge in [-0.25, -0.2) is 30.7 Å². The molecule has 0 saturated carbocycles. The van der Waals surface area contributed by atoms with Crippen molar-refractivity contribution < 1.29 is 30.7 Å². The van der Waals surface area contributed by atoms with Gasteiger partial charge < -0.3 is 0 Å². The molecule has 0 aliphatic heterocycles. The van der Waals surface area contributed by atoms with Crippen molar-refractivity contribution in [3.05, 3.63) is 87.2 Å². The number of fused-ring (bicyclic) bond motifs is 6. The van der Waals surface area contributed by atoms with Gasteiger partial charge in [0.1, 0.15) is 0 Å². The van der Waals surface area contributed by atoms with E-state index in [2.05, 4.69) is 0 Å². The molecule has 0 spiro atoms. The molecule has 4 rings (SSSR count). The minimum Gasteiger partial charge on any atom is -0.285 e. The van der Waals surface area contributed by atoms with E-state index in [9.17, 15) is 49.9 Å². The lowest BCUT2D eigenvalue weighted by atomic mass is 9.90. The summed E-state index contributed by atoms with van der Waals surface area (Å²) in [5.74, 6) is -15.9. The van der Waals surface area contributed by atoms with Gasteiger partial charge in [0.25, 0.3) is 16.3 Å². The second-order valence-electron chi connectivity index (χ2n) is 6.39. The van der Waals surface area contributed by atoms with Crippen LogP contribution in [0.15, 0.2) is 19.2 Å². The second kappa shape index (κ2) is 5.94. The third kappa shape index (κ3) is 2.06. The van der Waals surface area contributed by atoms with Gasteiger partial charge in [0.05, 0.1) is 0 Å². The number of hydrogen-bond acceptors (Lipinski definition) is 4. The molecule has 0 radical (unpaired) electrons. The van der Waals surface area contributed by atoms with Crippen molar-refractivity contribution in [3.63, 3.8) is 0 Å². The lowest BCUT2D eigenvalue weighted by molar-refractivity contribution is 0.418. The highest BCUT2D eigenvalue weighted by atomic mass is 19.2. The van der Waals surface area contributed by atoms with E-state index in [1.165, 1.54) is 0 Å². The van der Waals surface area contributed by atoms with E-state index >= 15 is 0 Å². The average Bonchev–Trinajstić information content (AvgIpc) is 2.73. The Morgan fingerprint density at radius 2 is 0.633 bits per heavy atom. The van der Waals surface area contributed by atoms with Crippen molar-refractivity contribution >= 4 is 32.3 Å². The lowest BCUT2D eigenvalue weighted by Crippen LogP contribution is -2.32. The second-order valence-corrected chi connectivity index (χ2v) is 6.39. The first-order valence-electron chi connectivity index (χ1n) is 7.89. The predicted molar refractivity (Wildman–Crippen MR) is 90.9 cm³/mol. The lowest BCUT2D eigenvalue weighted by Gasteiger charge is -2.15. The standard InChI is InChI=1S/C19H3F7O4/c1-2-3-4(11(22)17(28)16(2)27)6-7(10(21)15(26)14(25)9(6)20)8-5(3)12(23)18(29)19(30)13(8)24/h1H3. The minimum absolute atomic E-state index is 0.803. The van der Waals surface area contributed by atoms with E-state index in [1.807, 2.05) is 0 Å². The SMILES string of the molecule is Cc1c(=O)c(=O)c(F)c2c3c(F)c(F)c(F)c(F)c3c3c(F)c(=O)c(=O)c(F)c3c12. The van der Waals surface area contributed by atoms with Gasteiger partial charge in [-0.3, -0.25) is 19.2 Å². The van der Waals surface area contributed by atoms with Crippen molar-refractivity contribution in [1.82, 2.24) is 0 Å². The maximum atomic E-state index is 14.7. The largest absolute Gasteiger partial charge is 0.285 e. The average molecular weight is 428 g/mol. The van der Waals surface area contributed by atoms with Crippen LogP contribution in [0.4, 0.5) is 30.7 Å². The van der Waals surface area contributed by atoms with Crippen LogP contribution in [-0.4, -0.2) is 0 Å². The summed E-state index contributed by atoms with van der Waals surface area (Å²) in [5, 5.41) is -8.43. The third-order valence-corrected chi connectivity index (χ3v) is 4.90. The van der Waals surface area contributed by atoms with Crippen LogP contribution in [0.1, 0.15) is 5.56 Å². The normalized spacial score (nSPS) is 11.9. The van der Waals surface area contributed by atoms with Crippen molar-refractivity contribution in [2.45, 2.75) is 6.92 Å². The maximum Gasteiger partial charge on any atom is 0.264 e. The molecule has 0 fully saturated rings. The Kier molecular flexibility index (Phi) is 3.90. The first-order chi connectivity index (χ1) is 13.9. The zero-order valence-electron chi connectivity index (χ0n) is 14.3. The summed E-state index contributed by atoms with van der Waals surface area (Å²) >= 11 is 0.